The number of ether oxygens (including phenoxy) is 1. The summed E-state index contributed by atoms with van der Waals surface area (Å²) < 4.78 is 5.57. The van der Waals surface area contributed by atoms with Gasteiger partial charge in [0.2, 0.25) is 0 Å². The molecule has 1 heterocycles. The summed E-state index contributed by atoms with van der Waals surface area (Å²) in [5, 5.41) is 3.35. The van der Waals surface area contributed by atoms with Gasteiger partial charge in [-0.05, 0) is 49.3 Å². The van der Waals surface area contributed by atoms with E-state index in [2.05, 4.69) is 12.2 Å². The fourth-order valence-electron chi connectivity index (χ4n) is 3.12. The lowest BCUT2D eigenvalue weighted by molar-refractivity contribution is -0.118. The Morgan fingerprint density at radius 1 is 1.36 bits per heavy atom. The molecule has 1 atom stereocenters. The van der Waals surface area contributed by atoms with Crippen molar-refractivity contribution < 1.29 is 14.3 Å². The number of para-hydroxylation sites is 1. The molecule has 0 spiro atoms. The number of thiophene rings is 1. The van der Waals surface area contributed by atoms with Gasteiger partial charge in [0, 0.05) is 4.88 Å². The van der Waals surface area contributed by atoms with Crippen LogP contribution in [-0.2, 0) is 17.6 Å². The summed E-state index contributed by atoms with van der Waals surface area (Å²) in [6.45, 7) is 4.01. The molecule has 0 saturated heterocycles. The zero-order valence-electron chi connectivity index (χ0n) is 14.4. The lowest BCUT2D eigenvalue weighted by atomic mass is 9.88. The van der Waals surface area contributed by atoms with E-state index in [0.717, 1.165) is 35.3 Å². The van der Waals surface area contributed by atoms with E-state index in [0.29, 0.717) is 22.2 Å². The molecule has 25 heavy (non-hydrogen) atoms. The van der Waals surface area contributed by atoms with Crippen molar-refractivity contribution in [2.45, 2.75) is 33.1 Å². The van der Waals surface area contributed by atoms with Gasteiger partial charge >= 0.3 is 0 Å². The number of benzene rings is 1. The highest BCUT2D eigenvalue weighted by Crippen LogP contribution is 2.39. The number of hydrogen-bond acceptors (Lipinski definition) is 4. The van der Waals surface area contributed by atoms with Crippen LogP contribution in [0.2, 0.25) is 0 Å². The molecule has 1 aliphatic rings. The van der Waals surface area contributed by atoms with Gasteiger partial charge < -0.3 is 15.8 Å². The monoisotopic (exact) mass is 358 g/mol. The van der Waals surface area contributed by atoms with Crippen molar-refractivity contribution in [3.05, 3.63) is 45.8 Å². The standard InChI is InChI=1S/C19H22N2O3S/c1-11-7-8-13-15(9-11)25-19(17(13)18(20)23)21-16(22)10-24-14-6-4-3-5-12(14)2/h3-6,11H,7-10H2,1-2H3,(H2,20,23)(H,21,22). The molecule has 1 unspecified atom stereocenters. The van der Waals surface area contributed by atoms with Crippen LogP contribution < -0.4 is 15.8 Å². The predicted molar refractivity (Wildman–Crippen MR) is 99.3 cm³/mol. The number of nitrogens with two attached hydrogens (primary N) is 1. The van der Waals surface area contributed by atoms with Crippen LogP contribution in [-0.4, -0.2) is 18.4 Å². The lowest BCUT2D eigenvalue weighted by Crippen LogP contribution is -2.23. The molecule has 0 fully saturated rings. The molecule has 5 nitrogen and oxygen atoms in total. The minimum atomic E-state index is -0.484. The minimum absolute atomic E-state index is 0.109. The molecule has 2 amide bonds. The SMILES string of the molecule is Cc1ccccc1OCC(=O)Nc1sc2c(c1C(N)=O)CCC(C)C2. The number of fused-ring (bicyclic) bond motifs is 1. The van der Waals surface area contributed by atoms with Crippen molar-refractivity contribution in [3.63, 3.8) is 0 Å². The number of rotatable bonds is 5. The molecule has 1 aromatic heterocycles. The second-order valence-corrected chi connectivity index (χ2v) is 7.63. The van der Waals surface area contributed by atoms with Crippen LogP contribution in [0.15, 0.2) is 24.3 Å². The van der Waals surface area contributed by atoms with Crippen LogP contribution >= 0.6 is 11.3 Å². The predicted octanol–water partition coefficient (Wildman–Crippen LogP) is 3.30. The summed E-state index contributed by atoms with van der Waals surface area (Å²) in [5.74, 6) is 0.478. The molecule has 0 radical (unpaired) electrons. The van der Waals surface area contributed by atoms with Gasteiger partial charge in [0.25, 0.3) is 11.8 Å². The molecule has 1 aromatic carbocycles. The first-order valence-corrected chi connectivity index (χ1v) is 9.20. The van der Waals surface area contributed by atoms with E-state index in [4.69, 9.17) is 10.5 Å². The Hall–Kier alpha value is -2.34. The lowest BCUT2D eigenvalue weighted by Gasteiger charge is -2.18. The minimum Gasteiger partial charge on any atom is -0.483 e. The Morgan fingerprint density at radius 3 is 2.84 bits per heavy atom. The van der Waals surface area contributed by atoms with Crippen LogP contribution in [0.4, 0.5) is 5.00 Å². The first kappa shape index (κ1) is 17.5. The van der Waals surface area contributed by atoms with Crippen LogP contribution in [0.5, 0.6) is 5.75 Å². The number of anilines is 1. The summed E-state index contributed by atoms with van der Waals surface area (Å²) in [6.07, 6.45) is 2.80. The van der Waals surface area contributed by atoms with Gasteiger partial charge in [-0.1, -0.05) is 25.1 Å². The summed E-state index contributed by atoms with van der Waals surface area (Å²) >= 11 is 1.46. The first-order valence-electron chi connectivity index (χ1n) is 8.38. The van der Waals surface area contributed by atoms with Gasteiger partial charge in [-0.15, -0.1) is 11.3 Å². The molecule has 132 valence electrons. The van der Waals surface area contributed by atoms with E-state index in [-0.39, 0.29) is 12.5 Å². The highest BCUT2D eigenvalue weighted by atomic mass is 32.1. The van der Waals surface area contributed by atoms with Crippen molar-refractivity contribution in [1.82, 2.24) is 0 Å². The fourth-order valence-corrected chi connectivity index (χ4v) is 4.56. The molecule has 3 N–H and O–H groups in total. The molecular formula is C19H22N2O3S. The average molecular weight is 358 g/mol. The Morgan fingerprint density at radius 2 is 2.12 bits per heavy atom. The topological polar surface area (TPSA) is 81.4 Å². The van der Waals surface area contributed by atoms with Gasteiger partial charge in [-0.25, -0.2) is 0 Å². The van der Waals surface area contributed by atoms with Gasteiger partial charge in [0.15, 0.2) is 6.61 Å². The number of aryl methyl sites for hydroxylation is 1. The largest absolute Gasteiger partial charge is 0.483 e. The Kier molecular flexibility index (Phi) is 5.08. The van der Waals surface area contributed by atoms with E-state index in [1.807, 2.05) is 31.2 Å². The zero-order valence-corrected chi connectivity index (χ0v) is 15.2. The molecule has 6 heteroatoms. The second kappa shape index (κ2) is 7.27. The molecule has 3 rings (SSSR count). The molecule has 0 bridgehead atoms. The van der Waals surface area contributed by atoms with E-state index in [9.17, 15) is 9.59 Å². The quantitative estimate of drug-likeness (QED) is 0.860. The van der Waals surface area contributed by atoms with E-state index >= 15 is 0 Å². The van der Waals surface area contributed by atoms with Crippen molar-refractivity contribution >= 4 is 28.2 Å². The Balaban J connectivity index is 1.73. The van der Waals surface area contributed by atoms with E-state index in [1.165, 1.54) is 11.3 Å². The molecule has 0 aliphatic heterocycles. The number of amides is 2. The van der Waals surface area contributed by atoms with Crippen LogP contribution in [0, 0.1) is 12.8 Å². The van der Waals surface area contributed by atoms with Gasteiger partial charge in [0.05, 0.1) is 5.56 Å². The van der Waals surface area contributed by atoms with Crippen LogP contribution in [0.1, 0.15) is 39.7 Å². The number of primary amides is 1. The van der Waals surface area contributed by atoms with Gasteiger partial charge in [-0.2, -0.15) is 0 Å². The fraction of sp³-hybridized carbons (Fsp3) is 0.368. The van der Waals surface area contributed by atoms with Gasteiger partial charge in [0.1, 0.15) is 10.8 Å². The van der Waals surface area contributed by atoms with Crippen molar-refractivity contribution in [2.75, 3.05) is 11.9 Å². The Labute approximate surface area is 151 Å². The smallest absolute Gasteiger partial charge is 0.262 e. The Bertz CT molecular complexity index is 813. The summed E-state index contributed by atoms with van der Waals surface area (Å²) in [5.41, 5.74) is 8.00. The third-order valence-corrected chi connectivity index (χ3v) is 5.63. The highest BCUT2D eigenvalue weighted by Gasteiger charge is 2.27. The molecular weight excluding hydrogens is 336 g/mol. The summed E-state index contributed by atoms with van der Waals surface area (Å²) in [4.78, 5) is 25.3. The van der Waals surface area contributed by atoms with Crippen molar-refractivity contribution in [2.24, 2.45) is 11.7 Å². The number of nitrogens with one attached hydrogen (secondary N) is 1. The molecule has 0 saturated carbocycles. The third kappa shape index (κ3) is 3.85. The third-order valence-electron chi connectivity index (χ3n) is 4.46. The van der Waals surface area contributed by atoms with Crippen LogP contribution in [0.25, 0.3) is 0 Å². The summed E-state index contributed by atoms with van der Waals surface area (Å²) in [7, 11) is 0. The number of carbonyl (C=O) groups is 2. The van der Waals surface area contributed by atoms with E-state index < -0.39 is 5.91 Å². The van der Waals surface area contributed by atoms with Crippen molar-refractivity contribution in [3.8, 4) is 5.75 Å². The first-order chi connectivity index (χ1) is 12.0. The maximum atomic E-state index is 12.3. The number of hydrogen-bond donors (Lipinski definition) is 2. The normalized spacial score (nSPS) is 16.2. The second-order valence-electron chi connectivity index (χ2n) is 6.52. The van der Waals surface area contributed by atoms with Crippen LogP contribution in [0.3, 0.4) is 0 Å². The number of carbonyl (C=O) groups excluding carboxylic acids is 2. The maximum absolute atomic E-state index is 12.3. The maximum Gasteiger partial charge on any atom is 0.262 e. The van der Waals surface area contributed by atoms with Crippen molar-refractivity contribution in [1.29, 1.82) is 0 Å². The molecule has 1 aliphatic carbocycles. The summed E-state index contributed by atoms with van der Waals surface area (Å²) in [6, 6.07) is 7.52. The van der Waals surface area contributed by atoms with E-state index in [1.54, 1.807) is 0 Å². The van der Waals surface area contributed by atoms with Gasteiger partial charge in [-0.3, -0.25) is 9.59 Å². The zero-order chi connectivity index (χ0) is 18.0. The average Bonchev–Trinajstić information content (AvgIpc) is 2.91. The highest BCUT2D eigenvalue weighted by molar-refractivity contribution is 7.17. The molecule has 2 aromatic rings.